The van der Waals surface area contributed by atoms with Gasteiger partial charge in [-0.25, -0.2) is 9.67 Å². The minimum atomic E-state index is 0.480. The van der Waals surface area contributed by atoms with E-state index in [0.717, 1.165) is 30.0 Å². The molecule has 2 rings (SSSR count). The summed E-state index contributed by atoms with van der Waals surface area (Å²) in [6.07, 6.45) is 2.95. The van der Waals surface area contributed by atoms with Crippen molar-refractivity contribution in [1.29, 1.82) is 0 Å². The summed E-state index contributed by atoms with van der Waals surface area (Å²) in [6, 6.07) is 2.67. The first-order valence-electron chi connectivity index (χ1n) is 7.68. The van der Waals surface area contributed by atoms with Crippen LogP contribution in [0.3, 0.4) is 0 Å². The number of nitrogens with one attached hydrogen (secondary N) is 1. The molecule has 0 saturated heterocycles. The van der Waals surface area contributed by atoms with Crippen LogP contribution in [0, 0.1) is 20.8 Å². The van der Waals surface area contributed by atoms with E-state index in [4.69, 9.17) is 0 Å². The molecule has 4 heteroatoms. The van der Waals surface area contributed by atoms with Crippen LogP contribution in [0.2, 0.25) is 0 Å². The number of hydrogen-bond donors (Lipinski definition) is 1. The third-order valence-corrected chi connectivity index (χ3v) is 3.82. The lowest BCUT2D eigenvalue weighted by molar-refractivity contribution is 0.587. The van der Waals surface area contributed by atoms with Crippen molar-refractivity contribution in [3.63, 3.8) is 0 Å². The predicted molar refractivity (Wildman–Crippen MR) is 86.9 cm³/mol. The molecule has 0 fully saturated rings. The van der Waals surface area contributed by atoms with Gasteiger partial charge < -0.3 is 5.32 Å². The van der Waals surface area contributed by atoms with Gasteiger partial charge in [0.25, 0.3) is 0 Å². The molecule has 0 saturated carbocycles. The fraction of sp³-hybridized carbons (Fsp3) is 0.529. The summed E-state index contributed by atoms with van der Waals surface area (Å²) in [5, 5.41) is 8.07. The van der Waals surface area contributed by atoms with E-state index in [9.17, 15) is 0 Å². The summed E-state index contributed by atoms with van der Waals surface area (Å²) in [5.41, 5.74) is 5.98. The van der Waals surface area contributed by atoms with Gasteiger partial charge in [-0.05, 0) is 49.9 Å². The van der Waals surface area contributed by atoms with E-state index >= 15 is 0 Å². The fourth-order valence-electron chi connectivity index (χ4n) is 2.66. The summed E-state index contributed by atoms with van der Waals surface area (Å²) in [7, 11) is 0. The monoisotopic (exact) mass is 286 g/mol. The minimum Gasteiger partial charge on any atom is -0.310 e. The zero-order chi connectivity index (χ0) is 15.6. The van der Waals surface area contributed by atoms with Gasteiger partial charge in [-0.3, -0.25) is 0 Å². The van der Waals surface area contributed by atoms with Crippen LogP contribution in [0.15, 0.2) is 12.3 Å². The first-order chi connectivity index (χ1) is 9.93. The van der Waals surface area contributed by atoms with E-state index in [2.05, 4.69) is 63.0 Å². The van der Waals surface area contributed by atoms with Crippen LogP contribution in [0.1, 0.15) is 48.8 Å². The average molecular weight is 286 g/mol. The molecule has 114 valence electrons. The molecule has 0 amide bonds. The van der Waals surface area contributed by atoms with Crippen LogP contribution in [-0.4, -0.2) is 20.8 Å². The van der Waals surface area contributed by atoms with Crippen molar-refractivity contribution in [2.24, 2.45) is 0 Å². The van der Waals surface area contributed by atoms with Crippen molar-refractivity contribution in [2.45, 2.75) is 60.5 Å². The summed E-state index contributed by atoms with van der Waals surface area (Å²) in [4.78, 5) is 4.64. The van der Waals surface area contributed by atoms with Gasteiger partial charge in [-0.15, -0.1) is 0 Å². The molecule has 0 aliphatic heterocycles. The van der Waals surface area contributed by atoms with Gasteiger partial charge in [0.2, 0.25) is 0 Å². The molecule has 0 radical (unpaired) electrons. The van der Waals surface area contributed by atoms with E-state index in [1.54, 1.807) is 0 Å². The molecule has 0 aromatic carbocycles. The normalized spacial score (nSPS) is 11.4. The smallest absolute Gasteiger partial charge is 0.156 e. The van der Waals surface area contributed by atoms with Crippen LogP contribution in [0.4, 0.5) is 0 Å². The van der Waals surface area contributed by atoms with Gasteiger partial charge in [0, 0.05) is 24.5 Å². The Morgan fingerprint density at radius 2 is 1.95 bits per heavy atom. The molecule has 0 atom stereocenters. The quantitative estimate of drug-likeness (QED) is 0.917. The minimum absolute atomic E-state index is 0.480. The molecule has 0 unspecified atom stereocenters. The third kappa shape index (κ3) is 3.32. The first-order valence-corrected chi connectivity index (χ1v) is 7.68. The molecule has 21 heavy (non-hydrogen) atoms. The number of pyridine rings is 1. The van der Waals surface area contributed by atoms with Crippen LogP contribution < -0.4 is 5.32 Å². The Kier molecular flexibility index (Phi) is 4.78. The molecule has 2 heterocycles. The zero-order valence-electron chi connectivity index (χ0n) is 14.0. The summed E-state index contributed by atoms with van der Waals surface area (Å²) < 4.78 is 1.98. The lowest BCUT2D eigenvalue weighted by Gasteiger charge is -2.11. The molecule has 0 bridgehead atoms. The Morgan fingerprint density at radius 3 is 2.48 bits per heavy atom. The maximum Gasteiger partial charge on any atom is 0.156 e. The van der Waals surface area contributed by atoms with Gasteiger partial charge in [-0.1, -0.05) is 20.8 Å². The Morgan fingerprint density at radius 1 is 1.24 bits per heavy atom. The summed E-state index contributed by atoms with van der Waals surface area (Å²) in [6.45, 7) is 13.6. The molecule has 4 nitrogen and oxygen atoms in total. The third-order valence-electron chi connectivity index (χ3n) is 3.82. The van der Waals surface area contributed by atoms with Crippen LogP contribution >= 0.6 is 0 Å². The Bertz CT molecular complexity index is 626. The van der Waals surface area contributed by atoms with Crippen LogP contribution in [-0.2, 0) is 13.0 Å². The highest BCUT2D eigenvalue weighted by molar-refractivity contribution is 5.39. The highest BCUT2D eigenvalue weighted by Crippen LogP contribution is 2.19. The maximum atomic E-state index is 4.65. The molecule has 2 aromatic rings. The zero-order valence-corrected chi connectivity index (χ0v) is 14.0. The molecule has 0 aliphatic rings. The molecular formula is C17H26N4. The van der Waals surface area contributed by atoms with E-state index in [1.165, 1.54) is 16.8 Å². The second kappa shape index (κ2) is 6.39. The van der Waals surface area contributed by atoms with Gasteiger partial charge >= 0.3 is 0 Å². The summed E-state index contributed by atoms with van der Waals surface area (Å²) in [5.74, 6) is 0.934. The molecule has 0 spiro atoms. The van der Waals surface area contributed by atoms with Crippen molar-refractivity contribution >= 4 is 0 Å². The SMILES string of the molecule is CCc1c(C)nn(-c2ncc(CNC(C)C)cc2C)c1C. The van der Waals surface area contributed by atoms with Crippen molar-refractivity contribution in [1.82, 2.24) is 20.1 Å². The molecule has 2 aromatic heterocycles. The second-order valence-electron chi connectivity index (χ2n) is 5.93. The van der Waals surface area contributed by atoms with E-state index in [-0.39, 0.29) is 0 Å². The number of hydrogen-bond acceptors (Lipinski definition) is 3. The largest absolute Gasteiger partial charge is 0.310 e. The van der Waals surface area contributed by atoms with E-state index in [1.807, 2.05) is 10.9 Å². The van der Waals surface area contributed by atoms with Crippen LogP contribution in [0.5, 0.6) is 0 Å². The summed E-state index contributed by atoms with van der Waals surface area (Å²) >= 11 is 0. The number of nitrogens with zero attached hydrogens (tertiary/aromatic N) is 3. The maximum absolute atomic E-state index is 4.65. The van der Waals surface area contributed by atoms with Gasteiger partial charge in [0.05, 0.1) is 5.69 Å². The number of rotatable bonds is 5. The van der Waals surface area contributed by atoms with Gasteiger partial charge in [-0.2, -0.15) is 5.10 Å². The highest BCUT2D eigenvalue weighted by atomic mass is 15.3. The van der Waals surface area contributed by atoms with Crippen molar-refractivity contribution in [2.75, 3.05) is 0 Å². The Balaban J connectivity index is 2.33. The van der Waals surface area contributed by atoms with Crippen molar-refractivity contribution in [3.8, 4) is 5.82 Å². The lowest BCUT2D eigenvalue weighted by atomic mass is 10.1. The second-order valence-corrected chi connectivity index (χ2v) is 5.93. The van der Waals surface area contributed by atoms with Crippen molar-refractivity contribution < 1.29 is 0 Å². The van der Waals surface area contributed by atoms with Gasteiger partial charge in [0.15, 0.2) is 5.82 Å². The topological polar surface area (TPSA) is 42.7 Å². The average Bonchev–Trinajstić information content (AvgIpc) is 2.71. The molecular weight excluding hydrogens is 260 g/mol. The predicted octanol–water partition coefficient (Wildman–Crippen LogP) is 3.25. The standard InChI is InChI=1S/C17H26N4/c1-7-16-13(5)20-21(14(16)6)17-12(4)8-15(10-19-17)9-18-11(2)3/h8,10-11,18H,7,9H2,1-6H3. The Labute approximate surface area is 127 Å². The lowest BCUT2D eigenvalue weighted by Crippen LogP contribution is -2.22. The molecule has 1 N–H and O–H groups in total. The number of aryl methyl sites for hydroxylation is 2. The van der Waals surface area contributed by atoms with Crippen molar-refractivity contribution in [3.05, 3.63) is 40.3 Å². The highest BCUT2D eigenvalue weighted by Gasteiger charge is 2.13. The van der Waals surface area contributed by atoms with E-state index in [0.29, 0.717) is 6.04 Å². The first kappa shape index (κ1) is 15.7. The Hall–Kier alpha value is -1.68. The van der Waals surface area contributed by atoms with E-state index < -0.39 is 0 Å². The van der Waals surface area contributed by atoms with Crippen LogP contribution in [0.25, 0.3) is 5.82 Å². The van der Waals surface area contributed by atoms with Gasteiger partial charge in [0.1, 0.15) is 0 Å². The fourth-order valence-corrected chi connectivity index (χ4v) is 2.66. The molecule has 0 aliphatic carbocycles. The number of aromatic nitrogens is 3.